The Labute approximate surface area is 155 Å². The van der Waals surface area contributed by atoms with Crippen LogP contribution < -0.4 is 10.3 Å². The Morgan fingerprint density at radius 2 is 1.93 bits per heavy atom. The lowest BCUT2D eigenvalue weighted by Crippen LogP contribution is -2.11. The van der Waals surface area contributed by atoms with Crippen LogP contribution in [0.3, 0.4) is 0 Å². The predicted molar refractivity (Wildman–Crippen MR) is 96.1 cm³/mol. The molecule has 0 atom stereocenters. The Balaban J connectivity index is 1.96. The quantitative estimate of drug-likeness (QED) is 0.685. The number of aromatic amines is 1. The van der Waals surface area contributed by atoms with Gasteiger partial charge in [0, 0.05) is 0 Å². The first kappa shape index (κ1) is 18.5. The van der Waals surface area contributed by atoms with Crippen molar-refractivity contribution in [2.75, 3.05) is 0 Å². The molecule has 0 saturated carbocycles. The maximum absolute atomic E-state index is 12.2. The Hall–Kier alpha value is -3.26. The number of carboxylic acids is 1. The summed E-state index contributed by atoms with van der Waals surface area (Å²) in [5, 5.41) is 9.36. The molecule has 6 nitrogen and oxygen atoms in total. The summed E-state index contributed by atoms with van der Waals surface area (Å²) in [5.41, 5.74) is 0.255. The molecule has 0 radical (unpaired) electrons. The number of aromatic nitrogens is 2. The Morgan fingerprint density at radius 1 is 1.22 bits per heavy atom. The third kappa shape index (κ3) is 4.29. The molecule has 3 aromatic rings. The van der Waals surface area contributed by atoms with Crippen LogP contribution in [0.5, 0.6) is 5.75 Å². The number of carboxylic acid groups (broad SMARTS) is 1. The summed E-state index contributed by atoms with van der Waals surface area (Å²) in [5.74, 6) is -1.10. The van der Waals surface area contributed by atoms with E-state index in [9.17, 15) is 18.4 Å². The van der Waals surface area contributed by atoms with Crippen LogP contribution in [-0.2, 0) is 0 Å². The van der Waals surface area contributed by atoms with Gasteiger partial charge in [-0.2, -0.15) is 8.78 Å². The molecular weight excluding hydrogens is 382 g/mol. The second-order valence-corrected chi connectivity index (χ2v) is 5.80. The van der Waals surface area contributed by atoms with Crippen molar-refractivity contribution >= 4 is 39.6 Å². The second-order valence-electron chi connectivity index (χ2n) is 5.39. The molecule has 1 heterocycles. The van der Waals surface area contributed by atoms with Crippen LogP contribution in [0.1, 0.15) is 21.7 Å². The van der Waals surface area contributed by atoms with E-state index in [4.69, 9.17) is 16.7 Å². The van der Waals surface area contributed by atoms with Gasteiger partial charge in [-0.25, -0.2) is 9.78 Å². The van der Waals surface area contributed by atoms with Crippen molar-refractivity contribution in [2.45, 2.75) is 6.61 Å². The van der Waals surface area contributed by atoms with Crippen molar-refractivity contribution in [3.8, 4) is 5.75 Å². The second kappa shape index (κ2) is 7.55. The molecule has 0 unspecified atom stereocenters. The predicted octanol–water partition coefficient (Wildman–Crippen LogP) is 3.96. The molecule has 0 spiro atoms. The number of nitrogens with zero attached hydrogens (tertiary/aromatic N) is 1. The van der Waals surface area contributed by atoms with Crippen LogP contribution in [0.4, 0.5) is 8.78 Å². The van der Waals surface area contributed by atoms with Gasteiger partial charge in [-0.15, -0.1) is 0 Å². The summed E-state index contributed by atoms with van der Waals surface area (Å²) in [4.78, 5) is 30.0. The van der Waals surface area contributed by atoms with Crippen molar-refractivity contribution in [3.05, 3.63) is 69.8 Å². The molecule has 9 heteroatoms. The summed E-state index contributed by atoms with van der Waals surface area (Å²) in [7, 11) is 0. The number of rotatable bonds is 5. The average molecular weight is 393 g/mol. The average Bonchev–Trinajstić information content (AvgIpc) is 2.62. The minimum Gasteiger partial charge on any atom is -0.478 e. The van der Waals surface area contributed by atoms with Crippen LogP contribution in [0, 0.1) is 0 Å². The lowest BCUT2D eigenvalue weighted by atomic mass is 10.1. The molecule has 2 aromatic carbocycles. The minimum absolute atomic E-state index is 0.00305. The van der Waals surface area contributed by atoms with Crippen LogP contribution in [0.25, 0.3) is 22.0 Å². The van der Waals surface area contributed by atoms with Gasteiger partial charge in [0.2, 0.25) is 0 Å². The molecule has 138 valence electrons. The zero-order chi connectivity index (χ0) is 19.6. The molecule has 0 aliphatic carbocycles. The van der Waals surface area contributed by atoms with Gasteiger partial charge >= 0.3 is 12.6 Å². The highest BCUT2D eigenvalue weighted by Crippen LogP contribution is 2.22. The number of hydrogen-bond donors (Lipinski definition) is 2. The summed E-state index contributed by atoms with van der Waals surface area (Å²) in [6, 6.07) is 9.64. The SMILES string of the molecule is O=C(O)c1ccc2c(=O)[nH]c(C(Cl)=Cc3ccc(OC(F)F)cc3)nc2c1. The monoisotopic (exact) mass is 392 g/mol. The normalized spacial score (nSPS) is 11.8. The highest BCUT2D eigenvalue weighted by Gasteiger charge is 2.10. The summed E-state index contributed by atoms with van der Waals surface area (Å²) < 4.78 is 28.6. The number of fused-ring (bicyclic) bond motifs is 1. The standard InChI is InChI=1S/C18H11ClF2N2O4/c19-13(7-9-1-4-11(5-2-9)27-18(20)21)15-22-14-8-10(17(25)26)3-6-12(14)16(24)23-15/h1-8,18H,(H,25,26)(H,22,23,24). The fourth-order valence-corrected chi connectivity index (χ4v) is 2.56. The Kier molecular flexibility index (Phi) is 5.18. The van der Waals surface area contributed by atoms with E-state index in [1.54, 1.807) is 0 Å². The Bertz CT molecular complexity index is 1090. The van der Waals surface area contributed by atoms with Gasteiger partial charge in [0.25, 0.3) is 5.56 Å². The molecule has 0 amide bonds. The van der Waals surface area contributed by atoms with Crippen LogP contribution in [0.2, 0.25) is 0 Å². The zero-order valence-corrected chi connectivity index (χ0v) is 14.2. The van der Waals surface area contributed by atoms with Gasteiger partial charge in [-0.1, -0.05) is 23.7 Å². The molecule has 0 saturated heterocycles. The molecule has 0 bridgehead atoms. The first-order valence-electron chi connectivity index (χ1n) is 7.53. The number of aromatic carboxylic acids is 1. The Morgan fingerprint density at radius 3 is 2.56 bits per heavy atom. The molecule has 1 aromatic heterocycles. The number of halogens is 3. The first-order valence-corrected chi connectivity index (χ1v) is 7.91. The third-order valence-corrected chi connectivity index (χ3v) is 3.87. The number of ether oxygens (including phenoxy) is 1. The highest BCUT2D eigenvalue weighted by molar-refractivity contribution is 6.50. The maximum Gasteiger partial charge on any atom is 0.387 e. The minimum atomic E-state index is -2.92. The van der Waals surface area contributed by atoms with E-state index in [-0.39, 0.29) is 33.1 Å². The topological polar surface area (TPSA) is 92.3 Å². The molecule has 0 aliphatic heterocycles. The first-order chi connectivity index (χ1) is 12.8. The van der Waals surface area contributed by atoms with Crippen LogP contribution >= 0.6 is 11.6 Å². The summed E-state index contributed by atoms with van der Waals surface area (Å²) >= 11 is 6.20. The molecule has 27 heavy (non-hydrogen) atoms. The number of H-pyrrole nitrogens is 1. The van der Waals surface area contributed by atoms with E-state index in [0.29, 0.717) is 5.56 Å². The van der Waals surface area contributed by atoms with E-state index < -0.39 is 18.1 Å². The highest BCUT2D eigenvalue weighted by atomic mass is 35.5. The molecule has 0 fully saturated rings. The van der Waals surface area contributed by atoms with Crippen molar-refractivity contribution in [3.63, 3.8) is 0 Å². The third-order valence-electron chi connectivity index (χ3n) is 3.58. The van der Waals surface area contributed by atoms with Crippen molar-refractivity contribution in [1.29, 1.82) is 0 Å². The largest absolute Gasteiger partial charge is 0.478 e. The van der Waals surface area contributed by atoms with Gasteiger partial charge in [0.15, 0.2) is 5.82 Å². The van der Waals surface area contributed by atoms with Gasteiger partial charge in [-0.3, -0.25) is 4.79 Å². The molecule has 0 aliphatic rings. The van der Waals surface area contributed by atoms with Crippen molar-refractivity contribution < 1.29 is 23.4 Å². The van der Waals surface area contributed by atoms with Crippen molar-refractivity contribution in [2.24, 2.45) is 0 Å². The van der Waals surface area contributed by atoms with E-state index in [1.807, 2.05) is 0 Å². The van der Waals surface area contributed by atoms with Gasteiger partial charge in [0.1, 0.15) is 5.75 Å². The fraction of sp³-hybridized carbons (Fsp3) is 0.0556. The van der Waals surface area contributed by atoms with E-state index in [1.165, 1.54) is 48.5 Å². The summed E-state index contributed by atoms with van der Waals surface area (Å²) in [6.07, 6.45) is 1.47. The molecule has 2 N–H and O–H groups in total. The number of carbonyl (C=O) groups is 1. The van der Waals surface area contributed by atoms with Crippen LogP contribution in [0.15, 0.2) is 47.3 Å². The number of nitrogens with one attached hydrogen (secondary N) is 1. The smallest absolute Gasteiger partial charge is 0.387 e. The fourth-order valence-electron chi connectivity index (χ4n) is 2.35. The van der Waals surface area contributed by atoms with Gasteiger partial charge < -0.3 is 14.8 Å². The van der Waals surface area contributed by atoms with Crippen molar-refractivity contribution in [1.82, 2.24) is 9.97 Å². The zero-order valence-electron chi connectivity index (χ0n) is 13.4. The molecular formula is C18H11ClF2N2O4. The lowest BCUT2D eigenvalue weighted by Gasteiger charge is -2.05. The van der Waals surface area contributed by atoms with E-state index >= 15 is 0 Å². The number of hydrogen-bond acceptors (Lipinski definition) is 4. The maximum atomic E-state index is 12.2. The summed E-state index contributed by atoms with van der Waals surface area (Å²) in [6.45, 7) is -2.92. The molecule has 3 rings (SSSR count). The number of alkyl halides is 2. The lowest BCUT2D eigenvalue weighted by molar-refractivity contribution is -0.0498. The van der Waals surface area contributed by atoms with Gasteiger partial charge in [-0.05, 0) is 42.0 Å². The van der Waals surface area contributed by atoms with Crippen LogP contribution in [-0.4, -0.2) is 27.7 Å². The number of benzene rings is 2. The van der Waals surface area contributed by atoms with E-state index in [2.05, 4.69) is 14.7 Å². The van der Waals surface area contributed by atoms with Gasteiger partial charge in [0.05, 0.1) is 21.5 Å². The van der Waals surface area contributed by atoms with E-state index in [0.717, 1.165) is 0 Å².